The minimum absolute atomic E-state index is 0.00668. The van der Waals surface area contributed by atoms with Crippen LogP contribution < -0.4 is 0 Å². The summed E-state index contributed by atoms with van der Waals surface area (Å²) in [7, 11) is 0. The van der Waals surface area contributed by atoms with E-state index in [1.54, 1.807) is 80.6 Å². The van der Waals surface area contributed by atoms with Gasteiger partial charge in [-0.05, 0) is 252 Å². The Hall–Kier alpha value is -8.44. The smallest absolute Gasteiger partial charge is 0.132 e. The van der Waals surface area contributed by atoms with Crippen LogP contribution >= 0.6 is 0 Å². The molecule has 0 radical (unpaired) electrons. The highest BCUT2D eigenvalue weighted by Gasteiger charge is 2.55. The van der Waals surface area contributed by atoms with Gasteiger partial charge < -0.3 is 15.3 Å². The van der Waals surface area contributed by atoms with Crippen LogP contribution in [0.25, 0.3) is 35.3 Å². The highest BCUT2D eigenvalue weighted by atomic mass is 19.2. The molecule has 486 valence electrons. The molecule has 3 heterocycles. The average molecular weight is 1280 g/mol. The lowest BCUT2D eigenvalue weighted by Crippen LogP contribution is -2.48. The van der Waals surface area contributed by atoms with Crippen molar-refractivity contribution in [2.75, 3.05) is 0 Å². The summed E-state index contributed by atoms with van der Waals surface area (Å²) in [5.41, 5.74) is 8.89. The second-order valence-electron chi connectivity index (χ2n) is 28.0. The Balaban J connectivity index is 0.000000128. The molecule has 15 rings (SSSR count). The number of aliphatic hydroxyl groups is 3. The number of nitrogens with zero attached hydrogens (tertiary/aromatic N) is 6. The Labute approximate surface area is 543 Å². The topological polar surface area (TPSA) is 114 Å². The third-order valence-electron chi connectivity index (χ3n) is 22.2. The zero-order valence-electron chi connectivity index (χ0n) is 53.6. The molecular formula is C78H77F7N6O3. The summed E-state index contributed by atoms with van der Waals surface area (Å²) < 4.78 is 102. The lowest BCUT2D eigenvalue weighted by molar-refractivity contribution is -0.0685. The van der Waals surface area contributed by atoms with Crippen molar-refractivity contribution in [2.45, 2.75) is 135 Å². The fourth-order valence-corrected chi connectivity index (χ4v) is 17.3. The lowest BCUT2D eigenvalue weighted by atomic mass is 9.54. The normalized spacial score (nSPS) is 24.6. The number of aromatic nitrogens is 6. The standard InChI is InChI=1S/C26H25F3N2O.2C26H26F2N2O/c1-25-14-16-15-30-31(20-9-6-18(27)7-10-20)23(16)12-17(25)4-3-5-24(25)26(2,32)21-11-8-19(28)13-22(21)29;1-25-15-17-16-29-30(20-12-10-19(27)11-13-20)23(17)14-18(25)6-5-9-24(25)26(2,31)21-7-3-4-8-22(21)28;1-25-15-17-16-29-30(22-12-10-21(28)11-13-22)23(17)14-19(25)4-3-5-24(25)26(2,31)18-6-8-20(27)9-7-18/h6-13,15,24,32H,3-5,14H2,1-2H3;3-4,7-8,10-14,16,24,31H,5-6,9,15H2,1-2H3;6-14,16,24,31H,3-5,15H2,1-2H3/t3*24-,25-,26-/m000/s1. The van der Waals surface area contributed by atoms with Gasteiger partial charge in [0.1, 0.15) is 40.7 Å². The largest absolute Gasteiger partial charge is 0.385 e. The van der Waals surface area contributed by atoms with Crippen LogP contribution in [0.5, 0.6) is 0 Å². The van der Waals surface area contributed by atoms with E-state index >= 15 is 0 Å². The number of allylic oxidation sites excluding steroid dienone is 3. The number of rotatable bonds is 9. The van der Waals surface area contributed by atoms with Crippen LogP contribution in [0, 0.1) is 74.7 Å². The lowest BCUT2D eigenvalue weighted by Gasteiger charge is -2.51. The molecule has 9 nitrogen and oxygen atoms in total. The van der Waals surface area contributed by atoms with Gasteiger partial charge in [-0.3, -0.25) is 0 Å². The van der Waals surface area contributed by atoms with Crippen LogP contribution in [0.3, 0.4) is 0 Å². The van der Waals surface area contributed by atoms with E-state index in [0.29, 0.717) is 12.0 Å². The van der Waals surface area contributed by atoms with E-state index < -0.39 is 33.9 Å². The summed E-state index contributed by atoms with van der Waals surface area (Å²) >= 11 is 0. The highest BCUT2D eigenvalue weighted by Crippen LogP contribution is 2.60. The van der Waals surface area contributed by atoms with Gasteiger partial charge in [0.05, 0.1) is 69.5 Å². The van der Waals surface area contributed by atoms with Crippen molar-refractivity contribution in [3.63, 3.8) is 0 Å². The molecule has 0 saturated heterocycles. The van der Waals surface area contributed by atoms with Crippen molar-refractivity contribution in [1.82, 2.24) is 29.3 Å². The van der Waals surface area contributed by atoms with Crippen LogP contribution in [-0.4, -0.2) is 44.7 Å². The zero-order chi connectivity index (χ0) is 66.3. The molecule has 9 aromatic rings. The van der Waals surface area contributed by atoms with Crippen LogP contribution in [0.1, 0.15) is 150 Å². The highest BCUT2D eigenvalue weighted by molar-refractivity contribution is 5.64. The minimum atomic E-state index is -1.46. The summed E-state index contributed by atoms with van der Waals surface area (Å²) in [6.45, 7) is 11.8. The number of halogens is 7. The van der Waals surface area contributed by atoms with Gasteiger partial charge in [-0.15, -0.1) is 0 Å². The molecule has 94 heavy (non-hydrogen) atoms. The predicted octanol–water partition coefficient (Wildman–Crippen LogP) is 17.6. The SMILES string of the molecule is C[C@]12Cc3cnn(-c4ccc(F)cc4)c3C=C1CCC[C@@H]2[C@@](C)(O)c1ccc(F)cc1.C[C@]12Cc3cnn(-c4ccc(F)cc4)c3C=C1CCC[C@@H]2[C@@](C)(O)c1ccc(F)cc1F.C[C@]12Cc3cnn(-c4ccc(F)cc4)c3C=C1CCC[C@@H]2[C@@](C)(O)c1ccccc1F. The van der Waals surface area contributed by atoms with Gasteiger partial charge in [0, 0.05) is 34.9 Å². The second kappa shape index (κ2) is 24.4. The Morgan fingerprint density at radius 2 is 0.713 bits per heavy atom. The van der Waals surface area contributed by atoms with Crippen molar-refractivity contribution in [1.29, 1.82) is 0 Å². The summed E-state index contributed by atoms with van der Waals surface area (Å²) in [6, 6.07) is 35.0. The maximum atomic E-state index is 14.7. The maximum Gasteiger partial charge on any atom is 0.132 e. The summed E-state index contributed by atoms with van der Waals surface area (Å²) in [6.07, 6.45) is 22.3. The van der Waals surface area contributed by atoms with E-state index in [2.05, 4.69) is 54.3 Å². The van der Waals surface area contributed by atoms with E-state index in [-0.39, 0.29) is 63.2 Å². The molecule has 3 fully saturated rings. The van der Waals surface area contributed by atoms with E-state index in [4.69, 9.17) is 0 Å². The van der Waals surface area contributed by atoms with Gasteiger partial charge >= 0.3 is 0 Å². The van der Waals surface area contributed by atoms with Crippen molar-refractivity contribution >= 4 is 18.2 Å². The van der Waals surface area contributed by atoms with Crippen LogP contribution in [0.4, 0.5) is 30.7 Å². The monoisotopic (exact) mass is 1280 g/mol. The molecule has 3 saturated carbocycles. The molecule has 0 aliphatic heterocycles. The van der Waals surface area contributed by atoms with Crippen molar-refractivity contribution < 1.29 is 46.1 Å². The first kappa shape index (κ1) is 64.3. The second-order valence-corrected chi connectivity index (χ2v) is 28.0. The first-order chi connectivity index (χ1) is 44.8. The molecule has 3 aromatic heterocycles. The van der Waals surface area contributed by atoms with Gasteiger partial charge in [-0.2, -0.15) is 15.3 Å². The van der Waals surface area contributed by atoms with Crippen LogP contribution in [-0.2, 0) is 36.1 Å². The average Bonchev–Trinajstić information content (AvgIpc) is 1.25. The van der Waals surface area contributed by atoms with E-state index in [0.717, 1.165) is 133 Å². The molecule has 9 atom stereocenters. The quantitative estimate of drug-likeness (QED) is 0.124. The number of hydrogen-bond donors (Lipinski definition) is 3. The molecule has 0 spiro atoms. The van der Waals surface area contributed by atoms with E-state index in [1.807, 2.05) is 39.6 Å². The first-order valence-electron chi connectivity index (χ1n) is 32.5. The Morgan fingerprint density at radius 1 is 0.394 bits per heavy atom. The predicted molar refractivity (Wildman–Crippen MR) is 350 cm³/mol. The molecular weight excluding hydrogens is 1200 g/mol. The molecule has 0 bridgehead atoms. The molecule has 6 aliphatic carbocycles. The van der Waals surface area contributed by atoms with Gasteiger partial charge in [-0.25, -0.2) is 44.8 Å². The van der Waals surface area contributed by atoms with Gasteiger partial charge in [-0.1, -0.05) is 73.9 Å². The molecule has 16 heteroatoms. The third-order valence-corrected chi connectivity index (χ3v) is 22.2. The Bertz CT molecular complexity index is 4410. The Kier molecular flexibility index (Phi) is 16.7. The summed E-state index contributed by atoms with van der Waals surface area (Å²) in [4.78, 5) is 0. The number of fused-ring (bicyclic) bond motifs is 6. The maximum absolute atomic E-state index is 14.7. The summed E-state index contributed by atoms with van der Waals surface area (Å²) in [5.74, 6) is -3.29. The number of benzene rings is 6. The van der Waals surface area contributed by atoms with E-state index in [1.165, 1.54) is 83.4 Å². The number of hydrogen-bond acceptors (Lipinski definition) is 6. The van der Waals surface area contributed by atoms with Crippen molar-refractivity contribution in [3.05, 3.63) is 266 Å². The molecule has 6 aliphatic rings. The van der Waals surface area contributed by atoms with Gasteiger partial charge in [0.15, 0.2) is 0 Å². The van der Waals surface area contributed by atoms with E-state index in [9.17, 15) is 46.1 Å². The van der Waals surface area contributed by atoms with Crippen LogP contribution in [0.15, 0.2) is 175 Å². The fraction of sp³-hybridized carbons (Fsp3) is 0.346. The Morgan fingerprint density at radius 3 is 1.06 bits per heavy atom. The third kappa shape index (κ3) is 11.4. The van der Waals surface area contributed by atoms with Gasteiger partial charge in [0.2, 0.25) is 0 Å². The van der Waals surface area contributed by atoms with Gasteiger partial charge in [0.25, 0.3) is 0 Å². The summed E-state index contributed by atoms with van der Waals surface area (Å²) in [5, 5.41) is 48.6. The zero-order valence-corrected chi connectivity index (χ0v) is 53.6. The minimum Gasteiger partial charge on any atom is -0.385 e. The molecule has 3 N–H and O–H groups in total. The van der Waals surface area contributed by atoms with Crippen molar-refractivity contribution in [3.8, 4) is 17.1 Å². The molecule has 0 unspecified atom stereocenters. The van der Waals surface area contributed by atoms with Crippen LogP contribution in [0.2, 0.25) is 0 Å². The fourth-order valence-electron chi connectivity index (χ4n) is 17.3. The molecule has 0 amide bonds. The molecule has 6 aromatic carbocycles. The first-order valence-corrected chi connectivity index (χ1v) is 32.5. The van der Waals surface area contributed by atoms with Crippen molar-refractivity contribution in [2.24, 2.45) is 34.0 Å².